The molecule has 0 radical (unpaired) electrons. The normalized spacial score (nSPS) is 13.0. The Labute approximate surface area is 143 Å². The summed E-state index contributed by atoms with van der Waals surface area (Å²) in [5, 5.41) is 2.55. The number of hydrogen-bond donors (Lipinski definition) is 0. The van der Waals surface area contributed by atoms with E-state index in [1.807, 2.05) is 30.1 Å². The zero-order valence-corrected chi connectivity index (χ0v) is 15.3. The van der Waals surface area contributed by atoms with E-state index in [1.165, 1.54) is 29.7 Å². The number of halogens is 1. The molecule has 0 amide bonds. The molecule has 0 N–H and O–H groups in total. The van der Waals surface area contributed by atoms with E-state index in [1.54, 1.807) is 0 Å². The van der Waals surface area contributed by atoms with E-state index in [2.05, 4.69) is 42.8 Å². The lowest BCUT2D eigenvalue weighted by molar-refractivity contribution is 0.297. The van der Waals surface area contributed by atoms with Gasteiger partial charge in [0.05, 0.1) is 5.52 Å². The van der Waals surface area contributed by atoms with E-state index in [4.69, 9.17) is 11.6 Å². The highest BCUT2D eigenvalue weighted by molar-refractivity contribution is 8.00. The summed E-state index contributed by atoms with van der Waals surface area (Å²) >= 11 is 8.00. The molecule has 0 spiro atoms. The van der Waals surface area contributed by atoms with E-state index in [-0.39, 0.29) is 0 Å². The van der Waals surface area contributed by atoms with Gasteiger partial charge in [-0.05, 0) is 50.7 Å². The van der Waals surface area contributed by atoms with E-state index in [0.29, 0.717) is 5.25 Å². The van der Waals surface area contributed by atoms with Gasteiger partial charge in [0, 0.05) is 26.8 Å². The number of aromatic nitrogens is 1. The summed E-state index contributed by atoms with van der Waals surface area (Å²) in [6, 6.07) is 8.07. The molecule has 0 aliphatic heterocycles. The van der Waals surface area contributed by atoms with Gasteiger partial charge in [0.2, 0.25) is 0 Å². The van der Waals surface area contributed by atoms with Crippen LogP contribution in [0.2, 0.25) is 5.02 Å². The molecule has 2 nitrogen and oxygen atoms in total. The fourth-order valence-corrected chi connectivity index (χ4v) is 3.94. The number of fused-ring (bicyclic) bond motifs is 1. The molecule has 22 heavy (non-hydrogen) atoms. The van der Waals surface area contributed by atoms with Crippen LogP contribution in [-0.4, -0.2) is 34.8 Å². The smallest absolute Gasteiger partial charge is 0.0728 e. The molecule has 4 heteroatoms. The third-order valence-corrected chi connectivity index (χ3v) is 5.46. The van der Waals surface area contributed by atoms with Crippen LogP contribution in [-0.2, 0) is 0 Å². The molecule has 1 aromatic carbocycles. The second-order valence-electron chi connectivity index (χ2n) is 5.57. The minimum atomic E-state index is 0.608. The van der Waals surface area contributed by atoms with Gasteiger partial charge in [0.15, 0.2) is 0 Å². The molecule has 1 atom stereocenters. The number of benzene rings is 1. The van der Waals surface area contributed by atoms with Gasteiger partial charge in [0.25, 0.3) is 0 Å². The third-order valence-electron chi connectivity index (χ3n) is 3.97. The average Bonchev–Trinajstić information content (AvgIpc) is 2.51. The summed E-state index contributed by atoms with van der Waals surface area (Å²) in [6.45, 7) is 10.3. The van der Waals surface area contributed by atoms with Gasteiger partial charge >= 0.3 is 0 Å². The lowest BCUT2D eigenvalue weighted by Crippen LogP contribution is -2.24. The zero-order chi connectivity index (χ0) is 15.9. The molecule has 0 bridgehead atoms. The highest BCUT2D eigenvalue weighted by atomic mass is 35.5. The first-order valence-corrected chi connectivity index (χ1v) is 9.33. The van der Waals surface area contributed by atoms with Crippen molar-refractivity contribution in [3.05, 3.63) is 35.5 Å². The summed E-state index contributed by atoms with van der Waals surface area (Å²) < 4.78 is 0. The largest absolute Gasteiger partial charge is 0.304 e. The zero-order valence-electron chi connectivity index (χ0n) is 13.7. The quantitative estimate of drug-likeness (QED) is 0.593. The number of nitrogens with zero attached hydrogens (tertiary/aromatic N) is 2. The van der Waals surface area contributed by atoms with Gasteiger partial charge in [-0.15, -0.1) is 11.8 Å². The Kier molecular flexibility index (Phi) is 7.00. The first kappa shape index (κ1) is 17.6. The Morgan fingerprint density at radius 2 is 2.00 bits per heavy atom. The van der Waals surface area contributed by atoms with Crippen molar-refractivity contribution < 1.29 is 0 Å². The van der Waals surface area contributed by atoms with E-state index < -0.39 is 0 Å². The van der Waals surface area contributed by atoms with Crippen molar-refractivity contribution >= 4 is 34.3 Å². The Morgan fingerprint density at radius 1 is 1.23 bits per heavy atom. The van der Waals surface area contributed by atoms with Gasteiger partial charge in [-0.25, -0.2) is 0 Å². The monoisotopic (exact) mass is 336 g/mol. The molecule has 0 fully saturated rings. The highest BCUT2D eigenvalue weighted by Gasteiger charge is 2.09. The number of thioether (sulfide) groups is 1. The Balaban J connectivity index is 1.95. The topological polar surface area (TPSA) is 16.1 Å². The van der Waals surface area contributed by atoms with Crippen molar-refractivity contribution in [1.82, 2.24) is 9.88 Å². The van der Waals surface area contributed by atoms with Gasteiger partial charge in [-0.2, -0.15) is 0 Å². The molecule has 2 aromatic rings. The van der Waals surface area contributed by atoms with Crippen LogP contribution in [0.3, 0.4) is 0 Å². The maximum Gasteiger partial charge on any atom is 0.0728 e. The van der Waals surface area contributed by atoms with Crippen molar-refractivity contribution in [2.75, 3.05) is 19.6 Å². The summed E-state index contributed by atoms with van der Waals surface area (Å²) in [4.78, 5) is 8.20. The summed E-state index contributed by atoms with van der Waals surface area (Å²) in [5.41, 5.74) is 0.979. The molecule has 2 rings (SSSR count). The molecule has 0 aliphatic rings. The SMILES string of the molecule is CCN(CC)CCC[C@@H](C)Sc1ccnc2cc(Cl)ccc12. The number of rotatable bonds is 8. The fourth-order valence-electron chi connectivity index (χ4n) is 2.62. The Bertz CT molecular complexity index is 599. The Hall–Kier alpha value is -0.770. The average molecular weight is 337 g/mol. The van der Waals surface area contributed by atoms with Crippen LogP contribution in [0.1, 0.15) is 33.6 Å². The van der Waals surface area contributed by atoms with Crippen LogP contribution >= 0.6 is 23.4 Å². The van der Waals surface area contributed by atoms with Crippen LogP contribution in [0, 0.1) is 0 Å². The summed E-state index contributed by atoms with van der Waals surface area (Å²) in [5.74, 6) is 0. The Morgan fingerprint density at radius 3 is 2.73 bits per heavy atom. The molecule has 0 saturated heterocycles. The molecule has 1 heterocycles. The predicted octanol–water partition coefficient (Wildman–Crippen LogP) is 5.49. The predicted molar refractivity (Wildman–Crippen MR) is 99.1 cm³/mol. The van der Waals surface area contributed by atoms with Crippen molar-refractivity contribution in [3.63, 3.8) is 0 Å². The van der Waals surface area contributed by atoms with Gasteiger partial charge in [-0.1, -0.05) is 38.4 Å². The maximum absolute atomic E-state index is 6.05. The van der Waals surface area contributed by atoms with Gasteiger partial charge in [0.1, 0.15) is 0 Å². The summed E-state index contributed by atoms with van der Waals surface area (Å²) in [6.07, 6.45) is 4.37. The molecule has 0 unspecified atom stereocenters. The molecule has 120 valence electrons. The van der Waals surface area contributed by atoms with Crippen molar-refractivity contribution in [1.29, 1.82) is 0 Å². The molecular weight excluding hydrogens is 312 g/mol. The van der Waals surface area contributed by atoms with Crippen molar-refractivity contribution in [3.8, 4) is 0 Å². The van der Waals surface area contributed by atoms with Crippen molar-refractivity contribution in [2.24, 2.45) is 0 Å². The minimum Gasteiger partial charge on any atom is -0.304 e. The van der Waals surface area contributed by atoms with E-state index in [9.17, 15) is 0 Å². The van der Waals surface area contributed by atoms with Crippen LogP contribution in [0.25, 0.3) is 10.9 Å². The highest BCUT2D eigenvalue weighted by Crippen LogP contribution is 2.32. The van der Waals surface area contributed by atoms with Crippen LogP contribution < -0.4 is 0 Å². The fraction of sp³-hybridized carbons (Fsp3) is 0.500. The van der Waals surface area contributed by atoms with E-state index in [0.717, 1.165) is 23.6 Å². The third kappa shape index (κ3) is 4.87. The maximum atomic E-state index is 6.05. The second-order valence-corrected chi connectivity index (χ2v) is 7.48. The van der Waals surface area contributed by atoms with E-state index >= 15 is 0 Å². The molecule has 1 aromatic heterocycles. The first-order chi connectivity index (χ1) is 10.6. The van der Waals surface area contributed by atoms with Crippen molar-refractivity contribution in [2.45, 2.75) is 43.8 Å². The van der Waals surface area contributed by atoms with Crippen LogP contribution in [0.4, 0.5) is 0 Å². The van der Waals surface area contributed by atoms with Crippen LogP contribution in [0.5, 0.6) is 0 Å². The lowest BCUT2D eigenvalue weighted by Gasteiger charge is -2.19. The standard InChI is InChI=1S/C18H25ClN2S/c1-4-21(5-2)12-6-7-14(3)22-18-10-11-20-17-13-15(19)8-9-16(17)18/h8-11,13-14H,4-7,12H2,1-3H3/t14-/m1/s1. The summed E-state index contributed by atoms with van der Waals surface area (Å²) in [7, 11) is 0. The lowest BCUT2D eigenvalue weighted by atomic mass is 10.2. The van der Waals surface area contributed by atoms with Gasteiger partial charge in [-0.3, -0.25) is 4.98 Å². The van der Waals surface area contributed by atoms with Gasteiger partial charge < -0.3 is 4.90 Å². The van der Waals surface area contributed by atoms with Crippen LogP contribution in [0.15, 0.2) is 35.4 Å². The second kappa shape index (κ2) is 8.76. The first-order valence-electron chi connectivity index (χ1n) is 8.07. The number of hydrogen-bond acceptors (Lipinski definition) is 3. The minimum absolute atomic E-state index is 0.608. The molecular formula is C18H25ClN2S. The molecule has 0 aliphatic carbocycles. The number of pyridine rings is 1. The molecule has 0 saturated carbocycles.